The molecule has 0 atom stereocenters. The van der Waals surface area contributed by atoms with Gasteiger partial charge in [-0.15, -0.1) is 19.3 Å². The van der Waals surface area contributed by atoms with E-state index in [2.05, 4.69) is 98.0 Å². The minimum atomic E-state index is -1.17. The zero-order valence-corrected chi connectivity index (χ0v) is 30.6. The molecule has 0 radical (unpaired) electrons. The van der Waals surface area contributed by atoms with Crippen LogP contribution in [0.5, 0.6) is 23.0 Å². The lowest BCUT2D eigenvalue weighted by molar-refractivity contribution is 0.417. The van der Waals surface area contributed by atoms with Gasteiger partial charge >= 0.3 is 7.12 Å². The van der Waals surface area contributed by atoms with Crippen LogP contribution >= 0.6 is 0 Å². The number of ether oxygens (including phenoxy) is 2. The Morgan fingerprint density at radius 3 is 1.64 bits per heavy atom. The van der Waals surface area contributed by atoms with Crippen molar-refractivity contribution >= 4 is 30.7 Å². The molecule has 0 aromatic carbocycles. The molecule has 0 fully saturated rings. The van der Waals surface area contributed by atoms with Gasteiger partial charge in [0.2, 0.25) is 11.9 Å². The second-order valence-electron chi connectivity index (χ2n) is 10.6. The molecule has 4 aromatic heterocycles. The topological polar surface area (TPSA) is 260 Å². The first-order valence-corrected chi connectivity index (χ1v) is 15.5. The van der Waals surface area contributed by atoms with Crippen LogP contribution in [0.2, 0.25) is 6.82 Å². The molecule has 11 N–H and O–H groups in total. The molecule has 15 nitrogen and oxygen atoms in total. The Bertz CT molecular complexity index is 2090. The van der Waals surface area contributed by atoms with Gasteiger partial charge in [-0.2, -0.15) is 9.97 Å². The van der Waals surface area contributed by atoms with Crippen LogP contribution in [0.15, 0.2) is 41.7 Å². The molecule has 4 aromatic rings. The van der Waals surface area contributed by atoms with Gasteiger partial charge in [0, 0.05) is 41.3 Å². The summed E-state index contributed by atoms with van der Waals surface area (Å²) in [5.41, 5.74) is 24.8. The molecule has 0 unspecified atom stereocenters. The summed E-state index contributed by atoms with van der Waals surface area (Å²) in [6, 6.07) is 3.23. The van der Waals surface area contributed by atoms with Crippen LogP contribution in [-0.4, -0.2) is 47.1 Å². The first-order valence-electron chi connectivity index (χ1n) is 15.5. The molecule has 4 heterocycles. The van der Waals surface area contributed by atoms with Crippen LogP contribution < -0.4 is 38.0 Å². The fourth-order valence-corrected chi connectivity index (χ4v) is 3.45. The Kier molecular flexibility index (Phi) is 21.5. The van der Waals surface area contributed by atoms with E-state index in [-0.39, 0.29) is 40.8 Å². The number of anilines is 4. The van der Waals surface area contributed by atoms with Gasteiger partial charge in [-0.25, -0.2) is 9.97 Å². The van der Waals surface area contributed by atoms with E-state index in [4.69, 9.17) is 48.9 Å². The van der Waals surface area contributed by atoms with Crippen molar-refractivity contribution < 1.29 is 19.5 Å². The summed E-state index contributed by atoms with van der Waals surface area (Å²) >= 11 is 0. The van der Waals surface area contributed by atoms with Crippen LogP contribution in [-0.2, 0) is 0 Å². The molecule has 274 valence electrons. The van der Waals surface area contributed by atoms with Gasteiger partial charge in [0.15, 0.2) is 23.1 Å². The van der Waals surface area contributed by atoms with Gasteiger partial charge in [-0.1, -0.05) is 33.6 Å². The lowest BCUT2D eigenvalue weighted by Gasteiger charge is -2.14. The molecular weight excluding hydrogens is 675 g/mol. The van der Waals surface area contributed by atoms with Crippen molar-refractivity contribution in [3.8, 4) is 83.7 Å². The van der Waals surface area contributed by atoms with E-state index < -0.39 is 7.12 Å². The summed E-state index contributed by atoms with van der Waals surface area (Å²) in [6.07, 6.45) is 19.1. The zero-order chi connectivity index (χ0) is 40.5. The Hall–Kier alpha value is -7.16. The molecule has 0 saturated heterocycles. The fraction of sp³-hybridized carbons (Fsp3) is 0.243. The molecule has 0 saturated carbocycles. The highest BCUT2D eigenvalue weighted by atomic mass is 16.5. The Balaban J connectivity index is 0.000000748. The van der Waals surface area contributed by atoms with E-state index in [1.807, 2.05) is 33.0 Å². The van der Waals surface area contributed by atoms with Crippen molar-refractivity contribution in [2.24, 2.45) is 0 Å². The second kappa shape index (κ2) is 24.9. The number of nitrogens with zero attached hydrogens (tertiary/aromatic N) is 5. The average Bonchev–Trinajstić information content (AvgIpc) is 3.08. The maximum absolute atomic E-state index is 11.4. The van der Waals surface area contributed by atoms with Gasteiger partial charge in [0.1, 0.15) is 11.5 Å². The van der Waals surface area contributed by atoms with Gasteiger partial charge in [-0.05, 0) is 68.0 Å². The number of aryl methyl sites for hydroxylation is 1. The van der Waals surface area contributed by atoms with Gasteiger partial charge in [0.05, 0.1) is 12.4 Å². The molecule has 4 rings (SSSR count). The minimum absolute atomic E-state index is 0.0693. The quantitative estimate of drug-likeness (QED) is 0.111. The van der Waals surface area contributed by atoms with Crippen molar-refractivity contribution in [3.63, 3.8) is 0 Å². The molecule has 0 aliphatic rings. The predicted octanol–water partition coefficient (Wildman–Crippen LogP) is 3.49. The van der Waals surface area contributed by atoms with E-state index in [1.165, 1.54) is 25.3 Å². The Labute approximate surface area is 310 Å². The maximum atomic E-state index is 11.4. The van der Waals surface area contributed by atoms with Crippen LogP contribution in [0.4, 0.5) is 23.5 Å². The summed E-state index contributed by atoms with van der Waals surface area (Å²) in [5.74, 6) is 19.8. The van der Waals surface area contributed by atoms with Crippen molar-refractivity contribution in [2.45, 2.75) is 60.2 Å². The highest BCUT2D eigenvalue weighted by molar-refractivity contribution is 6.38. The van der Waals surface area contributed by atoms with Gasteiger partial charge in [0.25, 0.3) is 5.56 Å². The van der Waals surface area contributed by atoms with Gasteiger partial charge < -0.3 is 47.4 Å². The Morgan fingerprint density at radius 2 is 1.21 bits per heavy atom. The molecule has 0 aliphatic heterocycles. The standard InChI is InChI=1S/C13H17N5O.C12H15N5O2.C9H4.C2H2.CH5BO2/c1-7(2)9-5-16-8(3)4-10(9)19-11-6-17-13(15)18-12(11)14;1-6(2)7-4-15-10(18)3-8(7)19-9-5-16-12(14)17-11(9)13;1-3-5-7-9-8-6-4-2;1-2;1-2(3)4/h4-7H,1-3H3,(H4,14,15,17,18);3-6H,1-2H3,(H,15,18)(H4,13,14,16,17);1H,2H3;1-2H;3-4H,1H3. The third-order valence-corrected chi connectivity index (χ3v) is 5.68. The third kappa shape index (κ3) is 18.4. The predicted molar refractivity (Wildman–Crippen MR) is 210 cm³/mol. The number of aromatic amines is 1. The number of nitrogen functional groups attached to an aromatic ring is 4. The lowest BCUT2D eigenvalue weighted by atomic mass is 9.99. The van der Waals surface area contributed by atoms with Crippen molar-refractivity contribution in [3.05, 3.63) is 64.1 Å². The number of H-pyrrole nitrogens is 1. The number of rotatable bonds is 6. The van der Waals surface area contributed by atoms with Crippen molar-refractivity contribution in [1.29, 1.82) is 0 Å². The van der Waals surface area contributed by atoms with Crippen molar-refractivity contribution in [2.75, 3.05) is 22.9 Å². The number of aromatic nitrogens is 6. The molecular formula is C37H43BN10O5. The zero-order valence-electron chi connectivity index (χ0n) is 30.6. The highest BCUT2D eigenvalue weighted by Gasteiger charge is 2.14. The number of hydrogen-bond donors (Lipinski definition) is 7. The summed E-state index contributed by atoms with van der Waals surface area (Å²) in [5, 5.41) is 15.2. The molecule has 53 heavy (non-hydrogen) atoms. The van der Waals surface area contributed by atoms with Gasteiger partial charge in [-0.3, -0.25) is 9.78 Å². The smallest absolute Gasteiger partial charge is 0.448 e. The number of nitrogens with one attached hydrogen (secondary N) is 1. The summed E-state index contributed by atoms with van der Waals surface area (Å²) in [6.45, 7) is 13.0. The van der Waals surface area contributed by atoms with E-state index in [9.17, 15) is 4.79 Å². The Morgan fingerprint density at radius 1 is 0.755 bits per heavy atom. The van der Waals surface area contributed by atoms with Crippen LogP contribution in [0.1, 0.15) is 63.3 Å². The monoisotopic (exact) mass is 718 g/mol. The minimum Gasteiger partial charge on any atom is -0.451 e. The number of terminal acetylenes is 2. The average molecular weight is 719 g/mol. The summed E-state index contributed by atoms with van der Waals surface area (Å²) in [4.78, 5) is 33.6. The molecule has 0 bridgehead atoms. The lowest BCUT2D eigenvalue weighted by Crippen LogP contribution is -2.08. The summed E-state index contributed by atoms with van der Waals surface area (Å²) in [7, 11) is -1.17. The second-order valence-corrected chi connectivity index (χ2v) is 10.6. The van der Waals surface area contributed by atoms with E-state index >= 15 is 0 Å². The number of hydrogen-bond acceptors (Lipinski definition) is 14. The molecule has 0 aliphatic carbocycles. The highest BCUT2D eigenvalue weighted by Crippen LogP contribution is 2.33. The normalized spacial score (nSPS) is 8.83. The molecule has 16 heteroatoms. The first kappa shape index (κ1) is 45.8. The maximum Gasteiger partial charge on any atom is 0.448 e. The fourth-order valence-electron chi connectivity index (χ4n) is 3.45. The SMILES string of the molecule is C#C.C#CC#CC#CC#CC.CB(O)O.CC(C)c1c[nH]c(=O)cc1Oc1cnc(N)nc1N.Cc1cc(Oc2cnc(N)nc2N)c(C(C)C)cn1. The van der Waals surface area contributed by atoms with E-state index in [0.29, 0.717) is 23.2 Å². The van der Waals surface area contributed by atoms with E-state index in [1.54, 1.807) is 13.1 Å². The van der Waals surface area contributed by atoms with Crippen molar-refractivity contribution in [1.82, 2.24) is 29.9 Å². The molecule has 0 spiro atoms. The van der Waals surface area contributed by atoms with Crippen LogP contribution in [0, 0.1) is 67.6 Å². The third-order valence-electron chi connectivity index (χ3n) is 5.68. The number of nitrogens with two attached hydrogens (primary N) is 4. The largest absolute Gasteiger partial charge is 0.451 e. The summed E-state index contributed by atoms with van der Waals surface area (Å²) < 4.78 is 11.4. The van der Waals surface area contributed by atoms with Crippen LogP contribution in [0.25, 0.3) is 0 Å². The number of pyridine rings is 2. The van der Waals surface area contributed by atoms with Crippen LogP contribution in [0.3, 0.4) is 0 Å². The molecule has 0 amide bonds. The first-order chi connectivity index (χ1) is 25.1. The van der Waals surface area contributed by atoms with E-state index in [0.717, 1.165) is 16.8 Å².